The summed E-state index contributed by atoms with van der Waals surface area (Å²) in [6.07, 6.45) is 5.89. The van der Waals surface area contributed by atoms with E-state index in [2.05, 4.69) is 43.3 Å². The van der Waals surface area contributed by atoms with Crippen LogP contribution < -0.4 is 0 Å². The number of benzene rings is 1. The fraction of sp³-hybridized carbons (Fsp3) is 0.333. The Labute approximate surface area is 79.0 Å². The molecular weight excluding hydrogens is 160 g/mol. The lowest BCUT2D eigenvalue weighted by molar-refractivity contribution is 0.410. The van der Waals surface area contributed by atoms with Crippen molar-refractivity contribution in [3.05, 3.63) is 41.5 Å². The van der Waals surface area contributed by atoms with Crippen LogP contribution in [0.15, 0.2) is 30.3 Å². The van der Waals surface area contributed by atoms with Crippen LogP contribution in [0.5, 0.6) is 0 Å². The van der Waals surface area contributed by atoms with Crippen molar-refractivity contribution in [1.82, 2.24) is 0 Å². The highest BCUT2D eigenvalue weighted by molar-refractivity contribution is 5.49. The molecule has 0 radical (unpaired) electrons. The topological polar surface area (TPSA) is 12.5 Å². The second-order valence-corrected chi connectivity index (χ2v) is 3.50. The molecule has 1 atom stereocenters. The molecule has 68 valence electrons. The zero-order chi connectivity index (χ0) is 9.10. The maximum Gasteiger partial charge on any atom is 0.0844 e. The predicted octanol–water partition coefficient (Wildman–Crippen LogP) is 2.80. The molecule has 2 rings (SSSR count). The van der Waals surface area contributed by atoms with Gasteiger partial charge in [0.15, 0.2) is 0 Å². The lowest BCUT2D eigenvalue weighted by Crippen LogP contribution is -1.79. The third kappa shape index (κ3) is 2.71. The molecule has 13 heavy (non-hydrogen) atoms. The summed E-state index contributed by atoms with van der Waals surface area (Å²) in [7, 11) is 0. The van der Waals surface area contributed by atoms with E-state index >= 15 is 0 Å². The summed E-state index contributed by atoms with van der Waals surface area (Å²) in [5, 5.41) is 0. The first-order valence-corrected chi connectivity index (χ1v) is 4.69. The van der Waals surface area contributed by atoms with Gasteiger partial charge in [0.05, 0.1) is 12.7 Å². The number of rotatable bonds is 3. The molecule has 1 heterocycles. The van der Waals surface area contributed by atoms with Crippen molar-refractivity contribution in [1.29, 1.82) is 0 Å². The molecule has 0 aliphatic carbocycles. The first-order chi connectivity index (χ1) is 6.34. The molecule has 0 spiro atoms. The summed E-state index contributed by atoms with van der Waals surface area (Å²) in [5.41, 5.74) is 2.58. The zero-order valence-electron chi connectivity index (χ0n) is 7.86. The Kier molecular flexibility index (Phi) is 2.46. The van der Waals surface area contributed by atoms with Crippen molar-refractivity contribution in [2.75, 3.05) is 6.61 Å². The van der Waals surface area contributed by atoms with Gasteiger partial charge in [0.2, 0.25) is 0 Å². The standard InChI is InChI=1S/C12H14O/c1-10-5-7-11(8-6-10)3-2-4-12-9-13-12/h2-3,5-8,12H,4,9H2,1H3. The molecule has 1 nitrogen and oxygen atoms in total. The molecule has 1 unspecified atom stereocenters. The van der Waals surface area contributed by atoms with Crippen molar-refractivity contribution in [3.63, 3.8) is 0 Å². The Morgan fingerprint density at radius 3 is 2.69 bits per heavy atom. The van der Waals surface area contributed by atoms with Gasteiger partial charge in [-0.2, -0.15) is 0 Å². The molecule has 0 saturated carbocycles. The van der Waals surface area contributed by atoms with Gasteiger partial charge in [-0.05, 0) is 18.9 Å². The van der Waals surface area contributed by atoms with Crippen LogP contribution in [0.1, 0.15) is 17.5 Å². The first-order valence-electron chi connectivity index (χ1n) is 4.69. The van der Waals surface area contributed by atoms with Gasteiger partial charge >= 0.3 is 0 Å². The Morgan fingerprint density at radius 1 is 1.38 bits per heavy atom. The summed E-state index contributed by atoms with van der Waals surface area (Å²) < 4.78 is 5.11. The smallest absolute Gasteiger partial charge is 0.0844 e. The average molecular weight is 174 g/mol. The van der Waals surface area contributed by atoms with Crippen molar-refractivity contribution in [3.8, 4) is 0 Å². The van der Waals surface area contributed by atoms with Gasteiger partial charge < -0.3 is 4.74 Å². The minimum Gasteiger partial charge on any atom is -0.373 e. The van der Waals surface area contributed by atoms with E-state index in [4.69, 9.17) is 4.74 Å². The van der Waals surface area contributed by atoms with Crippen LogP contribution in [-0.2, 0) is 4.74 Å². The second kappa shape index (κ2) is 3.75. The summed E-state index contributed by atoms with van der Waals surface area (Å²) in [4.78, 5) is 0. The number of epoxide rings is 1. The molecule has 0 aromatic heterocycles. The number of hydrogen-bond acceptors (Lipinski definition) is 1. The normalized spacial score (nSPS) is 20.8. The molecule has 0 N–H and O–H groups in total. The average Bonchev–Trinajstić information content (AvgIpc) is 2.92. The lowest BCUT2D eigenvalue weighted by atomic mass is 10.1. The number of aryl methyl sites for hydroxylation is 1. The Hall–Kier alpha value is -1.08. The van der Waals surface area contributed by atoms with Crippen LogP contribution in [0.25, 0.3) is 6.08 Å². The maximum absolute atomic E-state index is 5.11. The molecule has 1 saturated heterocycles. The van der Waals surface area contributed by atoms with Crippen molar-refractivity contribution >= 4 is 6.08 Å². The fourth-order valence-electron chi connectivity index (χ4n) is 1.24. The molecule has 1 fully saturated rings. The molecule has 0 bridgehead atoms. The number of ether oxygens (including phenoxy) is 1. The van der Waals surface area contributed by atoms with Gasteiger partial charge in [-0.1, -0.05) is 42.0 Å². The van der Waals surface area contributed by atoms with Crippen LogP contribution in [-0.4, -0.2) is 12.7 Å². The summed E-state index contributed by atoms with van der Waals surface area (Å²) in [6.45, 7) is 3.05. The zero-order valence-corrected chi connectivity index (χ0v) is 7.86. The lowest BCUT2D eigenvalue weighted by Gasteiger charge is -1.93. The van der Waals surface area contributed by atoms with Crippen molar-refractivity contribution < 1.29 is 4.74 Å². The van der Waals surface area contributed by atoms with Gasteiger partial charge in [0.25, 0.3) is 0 Å². The molecule has 1 aromatic carbocycles. The Morgan fingerprint density at radius 2 is 2.08 bits per heavy atom. The maximum atomic E-state index is 5.11. The van der Waals surface area contributed by atoms with Crippen molar-refractivity contribution in [2.45, 2.75) is 19.4 Å². The highest BCUT2D eigenvalue weighted by atomic mass is 16.6. The van der Waals surface area contributed by atoms with E-state index in [0.29, 0.717) is 6.10 Å². The van der Waals surface area contributed by atoms with Crippen LogP contribution in [0.4, 0.5) is 0 Å². The van der Waals surface area contributed by atoms with E-state index in [0.717, 1.165) is 13.0 Å². The minimum atomic E-state index is 0.502. The van der Waals surface area contributed by atoms with Gasteiger partial charge in [-0.3, -0.25) is 0 Å². The summed E-state index contributed by atoms with van der Waals surface area (Å²) in [5.74, 6) is 0. The van der Waals surface area contributed by atoms with E-state index < -0.39 is 0 Å². The predicted molar refractivity (Wildman–Crippen MR) is 54.6 cm³/mol. The highest BCUT2D eigenvalue weighted by Crippen LogP contribution is 2.14. The quantitative estimate of drug-likeness (QED) is 0.642. The van der Waals surface area contributed by atoms with E-state index in [9.17, 15) is 0 Å². The Bertz CT molecular complexity index is 293. The Balaban J connectivity index is 1.92. The third-order valence-corrected chi connectivity index (χ3v) is 2.19. The third-order valence-electron chi connectivity index (χ3n) is 2.19. The van der Waals surface area contributed by atoms with E-state index in [-0.39, 0.29) is 0 Å². The first kappa shape index (κ1) is 8.52. The van der Waals surface area contributed by atoms with Crippen LogP contribution in [0.3, 0.4) is 0 Å². The largest absolute Gasteiger partial charge is 0.373 e. The molecule has 1 aromatic rings. The van der Waals surface area contributed by atoms with E-state index in [1.807, 2.05) is 0 Å². The minimum absolute atomic E-state index is 0.502. The van der Waals surface area contributed by atoms with Crippen molar-refractivity contribution in [2.24, 2.45) is 0 Å². The number of hydrogen-bond donors (Lipinski definition) is 0. The summed E-state index contributed by atoms with van der Waals surface area (Å²) in [6, 6.07) is 8.54. The van der Waals surface area contributed by atoms with Crippen LogP contribution in [0.2, 0.25) is 0 Å². The molecular formula is C12H14O. The van der Waals surface area contributed by atoms with Gasteiger partial charge in [0, 0.05) is 0 Å². The van der Waals surface area contributed by atoms with E-state index in [1.54, 1.807) is 0 Å². The molecule has 1 heteroatoms. The highest BCUT2D eigenvalue weighted by Gasteiger charge is 2.19. The molecule has 0 amide bonds. The molecule has 1 aliphatic rings. The van der Waals surface area contributed by atoms with Gasteiger partial charge in [-0.25, -0.2) is 0 Å². The van der Waals surface area contributed by atoms with Gasteiger partial charge in [-0.15, -0.1) is 0 Å². The van der Waals surface area contributed by atoms with Gasteiger partial charge in [0.1, 0.15) is 0 Å². The summed E-state index contributed by atoms with van der Waals surface area (Å²) >= 11 is 0. The molecule has 1 aliphatic heterocycles. The monoisotopic (exact) mass is 174 g/mol. The van der Waals surface area contributed by atoms with Crippen LogP contribution in [0, 0.1) is 6.92 Å². The van der Waals surface area contributed by atoms with Crippen LogP contribution >= 0.6 is 0 Å². The van der Waals surface area contributed by atoms with E-state index in [1.165, 1.54) is 11.1 Å². The SMILES string of the molecule is Cc1ccc(C=CCC2CO2)cc1. The second-order valence-electron chi connectivity index (χ2n) is 3.50. The fourth-order valence-corrected chi connectivity index (χ4v) is 1.24.